The van der Waals surface area contributed by atoms with Crippen LogP contribution in [0.4, 0.5) is 5.69 Å². The first-order valence-corrected chi connectivity index (χ1v) is 3.84. The molecule has 3 nitrogen and oxygen atoms in total. The maximum Gasteiger partial charge on any atom is 0.0693 e. The number of hydrogen-bond donors (Lipinski definition) is 1. The molecule has 0 radical (unpaired) electrons. The maximum atomic E-state index is 6.00. The predicted molar refractivity (Wildman–Crippen MR) is 49.3 cm³/mol. The van der Waals surface area contributed by atoms with Gasteiger partial charge in [0.05, 0.1) is 15.7 Å². The Morgan fingerprint density at radius 3 is 1.67 bits per heavy atom. The number of halogens is 3. The predicted octanol–water partition coefficient (Wildman–Crippen LogP) is 3.26. The van der Waals surface area contributed by atoms with Gasteiger partial charge in [-0.05, 0) is 12.1 Å². The third kappa shape index (κ3) is 2.74. The molecule has 0 amide bonds. The molecule has 2 N–H and O–H groups in total. The van der Waals surface area contributed by atoms with Crippen molar-refractivity contribution in [1.82, 2.24) is 0 Å². The van der Waals surface area contributed by atoms with Crippen LogP contribution in [0, 0.1) is 10.8 Å². The van der Waals surface area contributed by atoms with E-state index in [-0.39, 0.29) is 0 Å². The van der Waals surface area contributed by atoms with Gasteiger partial charge in [0.15, 0.2) is 0 Å². The number of nitrogen functional groups attached to an aromatic ring is 1. The molecule has 0 spiro atoms. The number of rotatable bonds is 0. The van der Waals surface area contributed by atoms with Crippen LogP contribution in [0.1, 0.15) is 0 Å². The third-order valence-electron chi connectivity index (χ3n) is 1.04. The average Bonchev–Trinajstić information content (AvgIpc) is 2.04. The second-order valence-corrected chi connectivity index (χ2v) is 3.03. The minimum atomic E-state index is 0.368. The van der Waals surface area contributed by atoms with Crippen molar-refractivity contribution in [2.24, 2.45) is 0 Å². The SMILES string of the molecule is N#N.Nc1c(Cl)cc(Cl)cc1Cl. The third-order valence-corrected chi connectivity index (χ3v) is 1.89. The van der Waals surface area contributed by atoms with Gasteiger partial charge in [0.2, 0.25) is 0 Å². The Bertz CT molecular complexity index is 274. The van der Waals surface area contributed by atoms with Crippen molar-refractivity contribution in [1.29, 1.82) is 10.8 Å². The molecule has 0 fully saturated rings. The zero-order chi connectivity index (χ0) is 9.72. The Hall–Kier alpha value is -0.690. The van der Waals surface area contributed by atoms with E-state index in [2.05, 4.69) is 0 Å². The van der Waals surface area contributed by atoms with Crippen molar-refractivity contribution < 1.29 is 0 Å². The van der Waals surface area contributed by atoms with Gasteiger partial charge in [0.25, 0.3) is 0 Å². The molecule has 12 heavy (non-hydrogen) atoms. The van der Waals surface area contributed by atoms with Crippen LogP contribution in [0.2, 0.25) is 15.1 Å². The number of benzene rings is 1. The Balaban J connectivity index is 0.000000561. The van der Waals surface area contributed by atoms with Crippen LogP contribution < -0.4 is 5.73 Å². The molecule has 6 heteroatoms. The van der Waals surface area contributed by atoms with Gasteiger partial charge in [-0.1, -0.05) is 34.8 Å². The number of hydrogen-bond acceptors (Lipinski definition) is 3. The maximum absolute atomic E-state index is 6.00. The molecule has 0 bridgehead atoms. The fourth-order valence-electron chi connectivity index (χ4n) is 0.553. The molecule has 0 heterocycles. The summed E-state index contributed by atoms with van der Waals surface area (Å²) in [5, 5.41) is 13.3. The van der Waals surface area contributed by atoms with Gasteiger partial charge in [0.1, 0.15) is 0 Å². The minimum absolute atomic E-state index is 0.368. The Morgan fingerprint density at radius 2 is 1.33 bits per heavy atom. The largest absolute Gasteiger partial charge is 0.396 e. The van der Waals surface area contributed by atoms with Gasteiger partial charge in [-0.3, -0.25) is 0 Å². The van der Waals surface area contributed by atoms with Crippen molar-refractivity contribution in [3.05, 3.63) is 27.2 Å². The van der Waals surface area contributed by atoms with Gasteiger partial charge < -0.3 is 5.73 Å². The van der Waals surface area contributed by atoms with Crippen LogP contribution in [-0.4, -0.2) is 0 Å². The highest BCUT2D eigenvalue weighted by atomic mass is 35.5. The van der Waals surface area contributed by atoms with E-state index >= 15 is 0 Å². The van der Waals surface area contributed by atoms with E-state index in [9.17, 15) is 0 Å². The molecule has 1 rings (SSSR count). The van der Waals surface area contributed by atoms with Crippen molar-refractivity contribution in [2.75, 3.05) is 5.73 Å². The molecule has 1 aromatic rings. The second kappa shape index (κ2) is 5.04. The quantitative estimate of drug-likeness (QED) is 0.543. The van der Waals surface area contributed by atoms with Crippen LogP contribution >= 0.6 is 34.8 Å². The van der Waals surface area contributed by atoms with E-state index in [1.165, 1.54) is 0 Å². The molecule has 0 aliphatic heterocycles. The van der Waals surface area contributed by atoms with E-state index in [0.717, 1.165) is 0 Å². The molecule has 0 saturated heterocycles. The fraction of sp³-hybridized carbons (Fsp3) is 0. The monoisotopic (exact) mass is 223 g/mol. The van der Waals surface area contributed by atoms with E-state index in [1.807, 2.05) is 0 Å². The highest BCUT2D eigenvalue weighted by molar-refractivity contribution is 6.41. The summed E-state index contributed by atoms with van der Waals surface area (Å²) in [6.07, 6.45) is 0. The minimum Gasteiger partial charge on any atom is -0.396 e. The normalized spacial score (nSPS) is 8.42. The highest BCUT2D eigenvalue weighted by Crippen LogP contribution is 2.30. The van der Waals surface area contributed by atoms with Crippen molar-refractivity contribution in [2.45, 2.75) is 0 Å². The number of nitrogens with zero attached hydrogens (tertiary/aromatic N) is 2. The first-order chi connectivity index (χ1) is 5.61. The van der Waals surface area contributed by atoms with E-state index in [0.29, 0.717) is 20.8 Å². The highest BCUT2D eigenvalue weighted by Gasteiger charge is 2.01. The van der Waals surface area contributed by atoms with Gasteiger partial charge in [-0.15, -0.1) is 0 Å². The molecule has 0 aliphatic rings. The summed E-state index contributed by atoms with van der Waals surface area (Å²) in [6.45, 7) is 0. The van der Waals surface area contributed by atoms with E-state index in [4.69, 9.17) is 51.3 Å². The van der Waals surface area contributed by atoms with Crippen molar-refractivity contribution >= 4 is 40.5 Å². The Kier molecular flexibility index (Phi) is 4.75. The van der Waals surface area contributed by atoms with E-state index < -0.39 is 0 Å². The van der Waals surface area contributed by atoms with E-state index in [1.54, 1.807) is 12.1 Å². The lowest BCUT2D eigenvalue weighted by Gasteiger charge is -1.99. The average molecular weight is 224 g/mol. The summed E-state index contributed by atoms with van der Waals surface area (Å²) in [5.74, 6) is 0. The molecule has 0 saturated carbocycles. The lowest BCUT2D eigenvalue weighted by molar-refractivity contribution is 1.15. The summed E-state index contributed by atoms with van der Waals surface area (Å²) in [4.78, 5) is 0. The van der Waals surface area contributed by atoms with Gasteiger partial charge >= 0.3 is 0 Å². The molecule has 64 valence electrons. The first kappa shape index (κ1) is 11.3. The van der Waals surface area contributed by atoms with Gasteiger partial charge in [-0.25, -0.2) is 0 Å². The summed E-state index contributed by atoms with van der Waals surface area (Å²) < 4.78 is 0. The smallest absolute Gasteiger partial charge is 0.0693 e. The standard InChI is InChI=1S/C6H4Cl3N.N2/c7-3-1-4(8)6(10)5(9)2-3;1-2/h1-2H,10H2;. The van der Waals surface area contributed by atoms with Crippen LogP contribution in [0.25, 0.3) is 0 Å². The Morgan fingerprint density at radius 1 is 1.00 bits per heavy atom. The van der Waals surface area contributed by atoms with Gasteiger partial charge in [0, 0.05) is 15.8 Å². The van der Waals surface area contributed by atoms with Crippen molar-refractivity contribution in [3.63, 3.8) is 0 Å². The van der Waals surface area contributed by atoms with Crippen LogP contribution in [0.3, 0.4) is 0 Å². The summed E-state index contributed by atoms with van der Waals surface area (Å²) >= 11 is 16.8. The van der Waals surface area contributed by atoms with Crippen molar-refractivity contribution in [3.8, 4) is 0 Å². The molecule has 0 aromatic heterocycles. The summed E-state index contributed by atoms with van der Waals surface area (Å²) in [5.41, 5.74) is 5.80. The molecule has 0 aliphatic carbocycles. The van der Waals surface area contributed by atoms with Crippen LogP contribution in [0.15, 0.2) is 12.1 Å². The zero-order valence-electron chi connectivity index (χ0n) is 5.76. The molecule has 0 unspecified atom stereocenters. The fourth-order valence-corrected chi connectivity index (χ4v) is 1.37. The molecular formula is C6H4Cl3N3. The molecular weight excluding hydrogens is 220 g/mol. The van der Waals surface area contributed by atoms with Gasteiger partial charge in [-0.2, -0.15) is 0 Å². The Labute approximate surface area is 84.4 Å². The molecule has 0 atom stereocenters. The van der Waals surface area contributed by atoms with Crippen LogP contribution in [-0.2, 0) is 0 Å². The zero-order valence-corrected chi connectivity index (χ0v) is 8.03. The van der Waals surface area contributed by atoms with Crippen LogP contribution in [0.5, 0.6) is 0 Å². The lowest BCUT2D eigenvalue weighted by atomic mass is 10.3. The number of nitrogens with two attached hydrogens (primary N) is 1. The second-order valence-electron chi connectivity index (χ2n) is 1.78. The summed E-state index contributed by atoms with van der Waals surface area (Å²) in [6, 6.07) is 3.09. The summed E-state index contributed by atoms with van der Waals surface area (Å²) in [7, 11) is 0. The lowest BCUT2D eigenvalue weighted by Crippen LogP contribution is -1.86. The molecule has 1 aromatic carbocycles. The topological polar surface area (TPSA) is 73.6 Å². The first-order valence-electron chi connectivity index (χ1n) is 2.71. The number of anilines is 1.